The molecule has 2 N–H and O–H groups in total. The zero-order valence-electron chi connectivity index (χ0n) is 14.1. The van der Waals surface area contributed by atoms with Crippen LogP contribution in [0, 0.1) is 6.92 Å². The number of imidazole rings is 1. The van der Waals surface area contributed by atoms with E-state index < -0.39 is 0 Å². The molecule has 3 aromatic rings. The molecule has 0 spiro atoms. The highest BCUT2D eigenvalue weighted by Gasteiger charge is 2.17. The normalized spacial score (nSPS) is 13.6. The predicted molar refractivity (Wildman–Crippen MR) is 94.8 cm³/mol. The predicted octanol–water partition coefficient (Wildman–Crippen LogP) is 2.14. The van der Waals surface area contributed by atoms with Crippen molar-refractivity contribution in [3.63, 3.8) is 0 Å². The van der Waals surface area contributed by atoms with E-state index in [0.717, 1.165) is 53.8 Å². The van der Waals surface area contributed by atoms with E-state index in [0.29, 0.717) is 6.54 Å². The number of carbonyl (C=O) groups is 1. The maximum absolute atomic E-state index is 12.5. The van der Waals surface area contributed by atoms with Gasteiger partial charge in [0.15, 0.2) is 0 Å². The molecule has 0 bridgehead atoms. The standard InChI is InChI=1S/C19H20N4O2/c1-12-5-4-8-23-14(10-20-17(12)23)11-21-18(24)15-9-13-6-2-3-7-16(13)22-19(15)25/h4-5,8-10H,2-3,6-7,11H2,1H3,(H,21,24)(H,22,25). The number of nitrogens with zero attached hydrogens (tertiary/aromatic N) is 2. The molecule has 4 rings (SSSR count). The van der Waals surface area contributed by atoms with Gasteiger partial charge in [-0.15, -0.1) is 0 Å². The number of pyridine rings is 2. The molecule has 0 saturated carbocycles. The molecule has 1 aliphatic rings. The Kier molecular flexibility index (Phi) is 3.87. The van der Waals surface area contributed by atoms with E-state index in [2.05, 4.69) is 15.3 Å². The van der Waals surface area contributed by atoms with Gasteiger partial charge < -0.3 is 14.7 Å². The molecule has 0 saturated heterocycles. The number of fused-ring (bicyclic) bond motifs is 2. The molecule has 0 atom stereocenters. The number of rotatable bonds is 3. The lowest BCUT2D eigenvalue weighted by atomic mass is 9.95. The number of amides is 1. The molecular formula is C19H20N4O2. The molecule has 0 aromatic carbocycles. The summed E-state index contributed by atoms with van der Waals surface area (Å²) in [5, 5.41) is 2.84. The lowest BCUT2D eigenvalue weighted by Gasteiger charge is -2.15. The summed E-state index contributed by atoms with van der Waals surface area (Å²) in [6.45, 7) is 2.32. The fraction of sp³-hybridized carbons (Fsp3) is 0.316. The second kappa shape index (κ2) is 6.20. The van der Waals surface area contributed by atoms with E-state index in [1.165, 1.54) is 0 Å². The summed E-state index contributed by atoms with van der Waals surface area (Å²) in [6, 6.07) is 5.70. The van der Waals surface area contributed by atoms with Gasteiger partial charge in [0.25, 0.3) is 11.5 Å². The van der Waals surface area contributed by atoms with E-state index >= 15 is 0 Å². The van der Waals surface area contributed by atoms with Gasteiger partial charge in [0.1, 0.15) is 11.2 Å². The van der Waals surface area contributed by atoms with Crippen molar-refractivity contribution in [1.82, 2.24) is 19.7 Å². The lowest BCUT2D eigenvalue weighted by Crippen LogP contribution is -2.31. The van der Waals surface area contributed by atoms with Crippen LogP contribution in [0.3, 0.4) is 0 Å². The van der Waals surface area contributed by atoms with Gasteiger partial charge in [-0.1, -0.05) is 6.07 Å². The van der Waals surface area contributed by atoms with Crippen LogP contribution in [0.15, 0.2) is 35.4 Å². The van der Waals surface area contributed by atoms with Crippen molar-refractivity contribution in [3.8, 4) is 0 Å². The van der Waals surface area contributed by atoms with Crippen molar-refractivity contribution in [1.29, 1.82) is 0 Å². The van der Waals surface area contributed by atoms with E-state index in [1.54, 1.807) is 12.3 Å². The first-order valence-corrected chi connectivity index (χ1v) is 8.58. The third-order valence-electron chi connectivity index (χ3n) is 4.82. The Balaban J connectivity index is 1.56. The number of hydrogen-bond acceptors (Lipinski definition) is 3. The first kappa shape index (κ1) is 15.6. The number of aromatic nitrogens is 3. The molecule has 3 heterocycles. The second-order valence-electron chi connectivity index (χ2n) is 6.54. The van der Waals surface area contributed by atoms with Crippen LogP contribution in [0.5, 0.6) is 0 Å². The number of aryl methyl sites for hydroxylation is 3. The Morgan fingerprint density at radius 1 is 1.36 bits per heavy atom. The topological polar surface area (TPSA) is 79.3 Å². The van der Waals surface area contributed by atoms with E-state index in [4.69, 9.17) is 0 Å². The third kappa shape index (κ3) is 2.84. The molecule has 25 heavy (non-hydrogen) atoms. The van der Waals surface area contributed by atoms with Crippen LogP contribution in [0.4, 0.5) is 0 Å². The highest BCUT2D eigenvalue weighted by molar-refractivity contribution is 5.94. The third-order valence-corrected chi connectivity index (χ3v) is 4.82. The molecule has 128 valence electrons. The van der Waals surface area contributed by atoms with Gasteiger partial charge in [0, 0.05) is 11.9 Å². The Bertz CT molecular complexity index is 1020. The molecule has 3 aromatic heterocycles. The monoisotopic (exact) mass is 336 g/mol. The Labute approximate surface area is 144 Å². The van der Waals surface area contributed by atoms with Crippen LogP contribution >= 0.6 is 0 Å². The zero-order valence-corrected chi connectivity index (χ0v) is 14.1. The molecule has 1 amide bonds. The largest absolute Gasteiger partial charge is 0.346 e. The number of nitrogens with one attached hydrogen (secondary N) is 2. The quantitative estimate of drug-likeness (QED) is 0.769. The van der Waals surface area contributed by atoms with Gasteiger partial charge in [0.05, 0.1) is 18.4 Å². The second-order valence-corrected chi connectivity index (χ2v) is 6.54. The zero-order chi connectivity index (χ0) is 17.4. The van der Waals surface area contributed by atoms with E-state index in [9.17, 15) is 9.59 Å². The van der Waals surface area contributed by atoms with Crippen molar-refractivity contribution in [2.45, 2.75) is 39.2 Å². The van der Waals surface area contributed by atoms with Gasteiger partial charge in [-0.25, -0.2) is 4.98 Å². The summed E-state index contributed by atoms with van der Waals surface area (Å²) >= 11 is 0. The summed E-state index contributed by atoms with van der Waals surface area (Å²) in [4.78, 5) is 32.0. The van der Waals surface area contributed by atoms with E-state index in [-0.39, 0.29) is 17.0 Å². The Morgan fingerprint density at radius 2 is 2.20 bits per heavy atom. The van der Waals surface area contributed by atoms with Crippen LogP contribution < -0.4 is 10.9 Å². The van der Waals surface area contributed by atoms with Crippen LogP contribution in [-0.4, -0.2) is 20.3 Å². The highest BCUT2D eigenvalue weighted by atomic mass is 16.2. The number of aromatic amines is 1. The molecule has 1 aliphatic carbocycles. The minimum Gasteiger partial charge on any atom is -0.346 e. The average molecular weight is 336 g/mol. The highest BCUT2D eigenvalue weighted by Crippen LogP contribution is 2.18. The summed E-state index contributed by atoms with van der Waals surface area (Å²) in [5.41, 5.74) is 4.76. The smallest absolute Gasteiger partial charge is 0.261 e. The van der Waals surface area contributed by atoms with Crippen molar-refractivity contribution in [2.24, 2.45) is 0 Å². The lowest BCUT2D eigenvalue weighted by molar-refractivity contribution is 0.0948. The van der Waals surface area contributed by atoms with Crippen LogP contribution in [0.25, 0.3) is 5.65 Å². The van der Waals surface area contributed by atoms with Crippen molar-refractivity contribution in [2.75, 3.05) is 0 Å². The maximum Gasteiger partial charge on any atom is 0.261 e. The Hall–Kier alpha value is -2.89. The number of H-pyrrole nitrogens is 1. The summed E-state index contributed by atoms with van der Waals surface area (Å²) in [5.74, 6) is -0.350. The van der Waals surface area contributed by atoms with Gasteiger partial charge in [-0.3, -0.25) is 9.59 Å². The number of hydrogen-bond donors (Lipinski definition) is 2. The Morgan fingerprint density at radius 3 is 3.08 bits per heavy atom. The molecule has 0 radical (unpaired) electrons. The van der Waals surface area contributed by atoms with Crippen LogP contribution in [0.1, 0.15) is 45.7 Å². The number of carbonyl (C=O) groups excluding carboxylic acids is 1. The molecule has 6 heteroatoms. The minimum atomic E-state index is -0.350. The SMILES string of the molecule is Cc1cccn2c(CNC(=O)c3cc4c([nH]c3=O)CCCC4)cnc12. The fourth-order valence-electron chi connectivity index (χ4n) is 3.44. The molecule has 6 nitrogen and oxygen atoms in total. The van der Waals surface area contributed by atoms with Gasteiger partial charge in [-0.2, -0.15) is 0 Å². The van der Waals surface area contributed by atoms with Gasteiger partial charge >= 0.3 is 0 Å². The maximum atomic E-state index is 12.5. The van der Waals surface area contributed by atoms with Gasteiger partial charge in [0.2, 0.25) is 0 Å². The minimum absolute atomic E-state index is 0.186. The molecule has 0 unspecified atom stereocenters. The molecular weight excluding hydrogens is 316 g/mol. The molecule has 0 aliphatic heterocycles. The fourth-order valence-corrected chi connectivity index (χ4v) is 3.44. The first-order chi connectivity index (χ1) is 12.1. The molecule has 0 fully saturated rings. The van der Waals surface area contributed by atoms with Crippen LogP contribution in [0.2, 0.25) is 0 Å². The van der Waals surface area contributed by atoms with Crippen molar-refractivity contribution < 1.29 is 4.79 Å². The summed E-state index contributed by atoms with van der Waals surface area (Å²) in [6.07, 6.45) is 7.65. The van der Waals surface area contributed by atoms with Crippen molar-refractivity contribution in [3.05, 3.63) is 69.0 Å². The first-order valence-electron chi connectivity index (χ1n) is 8.58. The van der Waals surface area contributed by atoms with E-state index in [1.807, 2.05) is 29.7 Å². The average Bonchev–Trinajstić information content (AvgIpc) is 3.03. The van der Waals surface area contributed by atoms with Crippen LogP contribution in [-0.2, 0) is 19.4 Å². The summed E-state index contributed by atoms with van der Waals surface area (Å²) < 4.78 is 1.95. The van der Waals surface area contributed by atoms with Crippen molar-refractivity contribution >= 4 is 11.6 Å². The summed E-state index contributed by atoms with van der Waals surface area (Å²) in [7, 11) is 0. The van der Waals surface area contributed by atoms with Gasteiger partial charge in [-0.05, 0) is 55.9 Å².